The first-order valence-corrected chi connectivity index (χ1v) is 24.5. The average Bonchev–Trinajstić information content (AvgIpc) is 3.96. The lowest BCUT2D eigenvalue weighted by molar-refractivity contribution is 0.490. The molecule has 4 heteroatoms. The summed E-state index contributed by atoms with van der Waals surface area (Å²) in [6, 6.07) is 56.3. The Morgan fingerprint density at radius 3 is 1.28 bits per heavy atom. The number of rotatable bonds is 6. The monoisotopic (exact) mass is 878 g/mol. The summed E-state index contributed by atoms with van der Waals surface area (Å²) in [4.78, 5) is 21.2. The van der Waals surface area contributed by atoms with Gasteiger partial charge in [-0.2, -0.15) is 0 Å². The molecule has 0 unspecified atom stereocenters. The molecule has 0 radical (unpaired) electrons. The van der Waals surface area contributed by atoms with E-state index in [2.05, 4.69) is 201 Å². The molecule has 0 bridgehead atoms. The van der Waals surface area contributed by atoms with E-state index in [1.165, 1.54) is 77.9 Å². The van der Waals surface area contributed by atoms with Crippen molar-refractivity contribution in [2.24, 2.45) is 0 Å². The van der Waals surface area contributed by atoms with Crippen LogP contribution in [0.5, 0.6) is 0 Å². The van der Waals surface area contributed by atoms with Gasteiger partial charge in [0, 0.05) is 66.8 Å². The first-order chi connectivity index (χ1) is 32.8. The molecule has 9 aromatic rings. The predicted octanol–water partition coefficient (Wildman–Crippen LogP) is 15.9. The number of benzene rings is 5. The average molecular weight is 879 g/mol. The van der Waals surface area contributed by atoms with Crippen molar-refractivity contribution in [3.8, 4) is 89.9 Å². The third-order valence-electron chi connectivity index (χ3n) is 16.9. The number of fused-ring (bicyclic) bond motifs is 12. The third kappa shape index (κ3) is 5.49. The van der Waals surface area contributed by atoms with E-state index in [-0.39, 0.29) is 21.7 Å². The summed E-state index contributed by atoms with van der Waals surface area (Å²) in [7, 11) is 0. The molecule has 330 valence electrons. The van der Waals surface area contributed by atoms with E-state index in [0.29, 0.717) is 0 Å². The van der Waals surface area contributed by atoms with E-state index in [1.54, 1.807) is 0 Å². The van der Waals surface area contributed by atoms with Crippen LogP contribution >= 0.6 is 0 Å². The summed E-state index contributed by atoms with van der Waals surface area (Å²) in [5, 5.41) is 0. The molecule has 0 spiro atoms. The highest BCUT2D eigenvalue weighted by molar-refractivity contribution is 5.88. The van der Waals surface area contributed by atoms with Crippen LogP contribution in [0.15, 0.2) is 158 Å². The van der Waals surface area contributed by atoms with Crippen molar-refractivity contribution in [3.63, 3.8) is 0 Å². The van der Waals surface area contributed by atoms with Gasteiger partial charge in [-0.1, -0.05) is 165 Å². The minimum Gasteiger partial charge on any atom is -0.256 e. The Balaban J connectivity index is 0.820. The van der Waals surface area contributed by atoms with Gasteiger partial charge in [0.1, 0.15) is 0 Å². The van der Waals surface area contributed by atoms with Gasteiger partial charge < -0.3 is 0 Å². The van der Waals surface area contributed by atoms with Gasteiger partial charge in [0.25, 0.3) is 0 Å². The smallest absolute Gasteiger partial charge is 0.0753 e. The maximum Gasteiger partial charge on any atom is 0.0753 e. The topological polar surface area (TPSA) is 51.6 Å². The first-order valence-electron chi connectivity index (χ1n) is 24.5. The summed E-state index contributed by atoms with van der Waals surface area (Å²) >= 11 is 0. The highest BCUT2D eigenvalue weighted by Gasteiger charge is 2.43. The molecule has 5 aromatic carbocycles. The molecule has 0 amide bonds. The van der Waals surface area contributed by atoms with Gasteiger partial charge in [-0.3, -0.25) is 4.98 Å². The van der Waals surface area contributed by atoms with Crippen LogP contribution in [0.25, 0.3) is 89.9 Å². The molecule has 0 saturated heterocycles. The zero-order chi connectivity index (χ0) is 46.5. The first kappa shape index (κ1) is 40.9. The minimum atomic E-state index is -0.164. The van der Waals surface area contributed by atoms with Gasteiger partial charge in [-0.25, -0.2) is 15.0 Å². The molecule has 0 fully saturated rings. The molecule has 4 nitrogen and oxygen atoms in total. The molecule has 13 rings (SSSR count). The van der Waals surface area contributed by atoms with Gasteiger partial charge in [-0.05, 0) is 111 Å². The number of nitrogens with zero attached hydrogens (tertiary/aromatic N) is 4. The number of hydrogen-bond donors (Lipinski definition) is 0. The Morgan fingerprint density at radius 1 is 0.324 bits per heavy atom. The number of hydrogen-bond acceptors (Lipinski definition) is 4. The molecule has 4 heterocycles. The molecule has 0 saturated carbocycles. The Bertz CT molecular complexity index is 3620. The molecule has 0 atom stereocenters. The molecule has 0 aliphatic heterocycles. The third-order valence-corrected chi connectivity index (χ3v) is 16.9. The molecule has 68 heavy (non-hydrogen) atoms. The lowest BCUT2D eigenvalue weighted by Gasteiger charge is -2.29. The van der Waals surface area contributed by atoms with Crippen LogP contribution in [0.1, 0.15) is 113 Å². The van der Waals surface area contributed by atoms with Crippen molar-refractivity contribution in [3.05, 3.63) is 202 Å². The summed E-state index contributed by atoms with van der Waals surface area (Å²) in [5.41, 5.74) is 28.0. The van der Waals surface area contributed by atoms with Crippen LogP contribution in [0.3, 0.4) is 0 Å². The van der Waals surface area contributed by atoms with Gasteiger partial charge in [-0.15, -0.1) is 0 Å². The molecule has 4 aliphatic carbocycles. The molecule has 4 aromatic heterocycles. The Kier molecular flexibility index (Phi) is 8.50. The second-order valence-corrected chi connectivity index (χ2v) is 21.2. The van der Waals surface area contributed by atoms with E-state index < -0.39 is 0 Å². The van der Waals surface area contributed by atoms with E-state index in [4.69, 9.17) is 19.9 Å². The quantitative estimate of drug-likeness (QED) is 0.167. The fraction of sp³-hybridized carbons (Fsp3) is 0.219. The molecular weight excluding hydrogens is 825 g/mol. The highest BCUT2D eigenvalue weighted by atomic mass is 14.8. The largest absolute Gasteiger partial charge is 0.256 e. The van der Waals surface area contributed by atoms with E-state index in [0.717, 1.165) is 69.4 Å². The second kappa shape index (κ2) is 14.1. The van der Waals surface area contributed by atoms with Gasteiger partial charge >= 0.3 is 0 Å². The summed E-state index contributed by atoms with van der Waals surface area (Å²) < 4.78 is 0. The maximum absolute atomic E-state index is 5.45. The van der Waals surface area contributed by atoms with Gasteiger partial charge in [0.2, 0.25) is 0 Å². The van der Waals surface area contributed by atoms with Crippen molar-refractivity contribution in [1.29, 1.82) is 0 Å². The van der Waals surface area contributed by atoms with Crippen LogP contribution < -0.4 is 0 Å². The normalized spacial score (nSPS) is 16.2. The summed E-state index contributed by atoms with van der Waals surface area (Å²) in [6.45, 7) is 18.5. The highest BCUT2D eigenvalue weighted by Crippen LogP contribution is 2.55. The zero-order valence-corrected chi connectivity index (χ0v) is 40.2. The lowest BCUT2D eigenvalue weighted by Crippen LogP contribution is -2.23. The molecule has 4 aliphatic rings. The van der Waals surface area contributed by atoms with Crippen molar-refractivity contribution in [2.75, 3.05) is 0 Å². The van der Waals surface area contributed by atoms with Crippen molar-refractivity contribution in [2.45, 2.75) is 89.9 Å². The van der Waals surface area contributed by atoms with Crippen LogP contribution in [-0.2, 0) is 21.7 Å². The standard InChI is InChI=1S/C64H54N4/c1-9-64(10-2)49-15-12-11-14-42(49)58-53(64)29-32-56(67-58)41-23-26-48-45(36-41)60-51(63(48,7)8)27-30-54(66-60)38-19-17-37(18-20-38)39-21-24-47-44(34-39)59-52(62(47,5)6)28-31-55(68-59)40-22-25-46-43(35-40)57-50(61(46,3)4)16-13-33-65-57/h11-36H,9-10H2,1-8H3. The van der Waals surface area contributed by atoms with E-state index in [9.17, 15) is 0 Å². The fourth-order valence-electron chi connectivity index (χ4n) is 12.9. The Morgan fingerprint density at radius 2 is 0.721 bits per heavy atom. The molecular formula is C64H54N4. The lowest BCUT2D eigenvalue weighted by atomic mass is 9.74. The second-order valence-electron chi connectivity index (χ2n) is 21.2. The Hall–Kier alpha value is -7.30. The van der Waals surface area contributed by atoms with Crippen LogP contribution in [0.2, 0.25) is 0 Å². The van der Waals surface area contributed by atoms with Gasteiger partial charge in [0.05, 0.1) is 39.9 Å². The molecule has 0 N–H and O–H groups in total. The summed E-state index contributed by atoms with van der Waals surface area (Å²) in [6.07, 6.45) is 4.02. The Labute approximate surface area is 400 Å². The maximum atomic E-state index is 5.45. The van der Waals surface area contributed by atoms with Crippen molar-refractivity contribution in [1.82, 2.24) is 19.9 Å². The van der Waals surface area contributed by atoms with Crippen LogP contribution in [0, 0.1) is 0 Å². The van der Waals surface area contributed by atoms with E-state index in [1.807, 2.05) is 12.3 Å². The van der Waals surface area contributed by atoms with Crippen LogP contribution in [-0.4, -0.2) is 19.9 Å². The van der Waals surface area contributed by atoms with E-state index >= 15 is 0 Å². The summed E-state index contributed by atoms with van der Waals surface area (Å²) in [5.74, 6) is 0. The number of pyridine rings is 4. The minimum absolute atomic E-state index is 0.0121. The zero-order valence-electron chi connectivity index (χ0n) is 40.2. The van der Waals surface area contributed by atoms with Crippen molar-refractivity contribution >= 4 is 0 Å². The number of aromatic nitrogens is 4. The SMILES string of the molecule is CCC1(CC)c2ccccc2-c2nc(-c3ccc4c(c3)-c3nc(-c5ccc(-c6ccc7c(c6)-c6nc(-c8ccc9c(c8)-c8ncccc8C9(C)C)ccc6C7(C)C)cc5)ccc3C4(C)C)ccc21. The van der Waals surface area contributed by atoms with Crippen LogP contribution in [0.4, 0.5) is 0 Å². The fourth-order valence-corrected chi connectivity index (χ4v) is 12.9. The predicted molar refractivity (Wildman–Crippen MR) is 279 cm³/mol. The van der Waals surface area contributed by atoms with Gasteiger partial charge in [0.15, 0.2) is 0 Å². The van der Waals surface area contributed by atoms with Crippen molar-refractivity contribution < 1.29 is 0 Å².